The van der Waals surface area contributed by atoms with Crippen LogP contribution in [0.25, 0.3) is 0 Å². The first kappa shape index (κ1) is 18.6. The molecule has 0 aromatic heterocycles. The zero-order valence-corrected chi connectivity index (χ0v) is 14.1. The number of amides is 2. The van der Waals surface area contributed by atoms with Crippen molar-refractivity contribution in [2.75, 3.05) is 5.32 Å². The van der Waals surface area contributed by atoms with Gasteiger partial charge in [-0.2, -0.15) is 0 Å². The molecule has 0 heterocycles. The number of benzene rings is 2. The highest BCUT2D eigenvalue weighted by atomic mass is 32.2. The molecular weight excluding hydrogens is 349 g/mol. The molecule has 0 radical (unpaired) electrons. The summed E-state index contributed by atoms with van der Waals surface area (Å²) in [6.45, 7) is 1.34. The lowest BCUT2D eigenvalue weighted by atomic mass is 10.1. The van der Waals surface area contributed by atoms with E-state index in [2.05, 4.69) is 10.7 Å². The summed E-state index contributed by atoms with van der Waals surface area (Å²) in [4.78, 5) is 24.6. The first-order chi connectivity index (χ1) is 11.8. The Labute approximate surface area is 144 Å². The van der Waals surface area contributed by atoms with Gasteiger partial charge in [-0.3, -0.25) is 15.0 Å². The number of hydrazine groups is 1. The Hall–Kier alpha value is -2.78. The quantitative estimate of drug-likeness (QED) is 0.672. The molecule has 2 rings (SSSR count). The Kier molecular flexibility index (Phi) is 5.84. The summed E-state index contributed by atoms with van der Waals surface area (Å²) in [5.74, 6) is -1.29. The molecule has 9 heteroatoms. The number of hydrogen-bond acceptors (Lipinski definition) is 4. The van der Waals surface area contributed by atoms with Gasteiger partial charge in [0, 0.05) is 12.6 Å². The summed E-state index contributed by atoms with van der Waals surface area (Å²) >= 11 is 0. The Bertz CT molecular complexity index is 865. The van der Waals surface area contributed by atoms with Gasteiger partial charge in [0.05, 0.1) is 11.3 Å². The largest absolute Gasteiger partial charge is 0.326 e. The van der Waals surface area contributed by atoms with Gasteiger partial charge in [0.15, 0.2) is 0 Å². The van der Waals surface area contributed by atoms with E-state index in [0.717, 1.165) is 0 Å². The number of carbonyl (C=O) groups is 2. The molecule has 0 aliphatic rings. The van der Waals surface area contributed by atoms with Crippen molar-refractivity contribution in [3.63, 3.8) is 0 Å². The van der Waals surface area contributed by atoms with Crippen LogP contribution < -0.4 is 15.6 Å². The van der Waals surface area contributed by atoms with Gasteiger partial charge >= 0.3 is 0 Å². The summed E-state index contributed by atoms with van der Waals surface area (Å²) < 4.78 is 37.0. The second kappa shape index (κ2) is 7.86. The molecule has 0 atom stereocenters. The van der Waals surface area contributed by atoms with Gasteiger partial charge in [-0.05, 0) is 42.0 Å². The normalized spacial score (nSPS) is 11.0. The maximum absolute atomic E-state index is 12.8. The van der Waals surface area contributed by atoms with E-state index in [1.165, 1.54) is 55.5 Å². The third-order valence-corrected chi connectivity index (χ3v) is 4.35. The van der Waals surface area contributed by atoms with Crippen molar-refractivity contribution in [1.29, 1.82) is 0 Å². The average Bonchev–Trinajstić information content (AvgIpc) is 2.55. The van der Waals surface area contributed by atoms with E-state index in [0.29, 0.717) is 11.3 Å². The molecule has 2 aromatic carbocycles. The number of carbonyl (C=O) groups excluding carboxylic acids is 2. The predicted molar refractivity (Wildman–Crippen MR) is 89.3 cm³/mol. The first-order valence-electron chi connectivity index (χ1n) is 7.19. The molecule has 0 bridgehead atoms. The fourth-order valence-corrected chi connectivity index (χ4v) is 2.80. The molecule has 132 valence electrons. The molecule has 0 aliphatic carbocycles. The standard InChI is InChI=1S/C16H16FN3O4S/c1-11(21)18-14-6-8-15(9-7-14)25(23,24)20-19-16(22)10-12-2-4-13(17)5-3-12/h2-9,20H,10H2,1H3,(H,18,21)(H,19,22). The van der Waals surface area contributed by atoms with Gasteiger partial charge < -0.3 is 5.32 Å². The van der Waals surface area contributed by atoms with Gasteiger partial charge in [-0.15, -0.1) is 4.83 Å². The van der Waals surface area contributed by atoms with Crippen LogP contribution in [0, 0.1) is 5.82 Å². The predicted octanol–water partition coefficient (Wildman–Crippen LogP) is 1.34. The Morgan fingerprint density at radius 3 is 2.16 bits per heavy atom. The van der Waals surface area contributed by atoms with E-state index >= 15 is 0 Å². The van der Waals surface area contributed by atoms with Gasteiger partial charge in [0.25, 0.3) is 10.0 Å². The molecule has 25 heavy (non-hydrogen) atoms. The Morgan fingerprint density at radius 1 is 1.00 bits per heavy atom. The molecule has 2 amide bonds. The van der Waals surface area contributed by atoms with Crippen LogP contribution in [-0.2, 0) is 26.0 Å². The fourth-order valence-electron chi connectivity index (χ4n) is 1.94. The zero-order valence-electron chi connectivity index (χ0n) is 13.2. The van der Waals surface area contributed by atoms with E-state index < -0.39 is 21.7 Å². The van der Waals surface area contributed by atoms with Crippen LogP contribution in [0.4, 0.5) is 10.1 Å². The van der Waals surface area contributed by atoms with Gasteiger partial charge in [0.2, 0.25) is 11.8 Å². The van der Waals surface area contributed by atoms with Crippen LogP contribution in [0.1, 0.15) is 12.5 Å². The number of rotatable bonds is 6. The first-order valence-corrected chi connectivity index (χ1v) is 8.67. The number of halogens is 1. The molecule has 3 N–H and O–H groups in total. The van der Waals surface area contributed by atoms with E-state index in [9.17, 15) is 22.4 Å². The van der Waals surface area contributed by atoms with Crippen molar-refractivity contribution in [2.24, 2.45) is 0 Å². The van der Waals surface area contributed by atoms with Crippen LogP contribution in [0.3, 0.4) is 0 Å². The minimum atomic E-state index is -3.95. The lowest BCUT2D eigenvalue weighted by Crippen LogP contribution is -2.42. The highest BCUT2D eigenvalue weighted by Gasteiger charge is 2.15. The molecule has 0 saturated carbocycles. The minimum Gasteiger partial charge on any atom is -0.326 e. The van der Waals surface area contributed by atoms with Crippen molar-refractivity contribution in [3.05, 3.63) is 59.9 Å². The van der Waals surface area contributed by atoms with Crippen molar-refractivity contribution in [1.82, 2.24) is 10.3 Å². The topological polar surface area (TPSA) is 104 Å². The highest BCUT2D eigenvalue weighted by Crippen LogP contribution is 2.13. The van der Waals surface area contributed by atoms with Crippen LogP contribution in [-0.4, -0.2) is 20.2 Å². The third-order valence-electron chi connectivity index (χ3n) is 3.09. The van der Waals surface area contributed by atoms with E-state index in [-0.39, 0.29) is 17.2 Å². The van der Waals surface area contributed by atoms with Crippen LogP contribution >= 0.6 is 0 Å². The maximum atomic E-state index is 12.8. The Morgan fingerprint density at radius 2 is 1.60 bits per heavy atom. The van der Waals surface area contributed by atoms with E-state index in [4.69, 9.17) is 0 Å². The van der Waals surface area contributed by atoms with E-state index in [1.54, 1.807) is 0 Å². The summed E-state index contributed by atoms with van der Waals surface area (Å²) in [6, 6.07) is 10.7. The van der Waals surface area contributed by atoms with Crippen molar-refractivity contribution >= 4 is 27.5 Å². The molecule has 0 aliphatic heterocycles. The molecule has 0 saturated heterocycles. The van der Waals surface area contributed by atoms with Crippen molar-refractivity contribution in [3.8, 4) is 0 Å². The number of hydrogen-bond donors (Lipinski definition) is 3. The van der Waals surface area contributed by atoms with Gasteiger partial charge in [-0.25, -0.2) is 12.8 Å². The minimum absolute atomic E-state index is 0.0799. The zero-order chi connectivity index (χ0) is 18.4. The summed E-state index contributed by atoms with van der Waals surface area (Å²) in [7, 11) is -3.95. The number of sulfonamides is 1. The molecule has 0 unspecified atom stereocenters. The molecule has 2 aromatic rings. The number of anilines is 1. The fraction of sp³-hybridized carbons (Fsp3) is 0.125. The second-order valence-electron chi connectivity index (χ2n) is 5.16. The highest BCUT2D eigenvalue weighted by molar-refractivity contribution is 7.89. The van der Waals surface area contributed by atoms with Gasteiger partial charge in [-0.1, -0.05) is 12.1 Å². The van der Waals surface area contributed by atoms with E-state index in [1.807, 2.05) is 4.83 Å². The van der Waals surface area contributed by atoms with Crippen LogP contribution in [0.2, 0.25) is 0 Å². The molecule has 0 spiro atoms. The average molecular weight is 365 g/mol. The summed E-state index contributed by atoms with van der Waals surface area (Å²) in [5, 5.41) is 2.51. The lowest BCUT2D eigenvalue weighted by molar-refractivity contribution is -0.121. The number of nitrogens with one attached hydrogen (secondary N) is 3. The smallest absolute Gasteiger partial charge is 0.257 e. The monoisotopic (exact) mass is 365 g/mol. The second-order valence-corrected chi connectivity index (χ2v) is 6.84. The maximum Gasteiger partial charge on any atom is 0.257 e. The molecule has 7 nitrogen and oxygen atoms in total. The van der Waals surface area contributed by atoms with Crippen molar-refractivity contribution < 1.29 is 22.4 Å². The third kappa shape index (κ3) is 5.66. The summed E-state index contributed by atoms with van der Waals surface area (Å²) in [5.41, 5.74) is 3.08. The van der Waals surface area contributed by atoms with Crippen molar-refractivity contribution in [2.45, 2.75) is 18.2 Å². The molecule has 0 fully saturated rings. The Balaban J connectivity index is 1.95. The van der Waals surface area contributed by atoms with Crippen LogP contribution in [0.15, 0.2) is 53.4 Å². The summed E-state index contributed by atoms with van der Waals surface area (Å²) in [6.07, 6.45) is -0.107. The van der Waals surface area contributed by atoms with Gasteiger partial charge in [0.1, 0.15) is 5.82 Å². The lowest BCUT2D eigenvalue weighted by Gasteiger charge is -2.09. The SMILES string of the molecule is CC(=O)Nc1ccc(S(=O)(=O)NNC(=O)Cc2ccc(F)cc2)cc1. The molecular formula is C16H16FN3O4S. The van der Waals surface area contributed by atoms with Crippen LogP contribution in [0.5, 0.6) is 0 Å².